The van der Waals surface area contributed by atoms with E-state index in [0.717, 1.165) is 43.4 Å². The molecule has 1 fully saturated rings. The van der Waals surface area contributed by atoms with Crippen molar-refractivity contribution in [3.05, 3.63) is 24.4 Å². The minimum Gasteiger partial charge on any atom is -0.340 e. The van der Waals surface area contributed by atoms with Gasteiger partial charge in [0.05, 0.1) is 0 Å². The van der Waals surface area contributed by atoms with E-state index in [2.05, 4.69) is 32.0 Å². The van der Waals surface area contributed by atoms with Crippen molar-refractivity contribution in [3.63, 3.8) is 0 Å². The predicted octanol–water partition coefficient (Wildman–Crippen LogP) is 1.43. The minimum absolute atomic E-state index is 0.272. The fraction of sp³-hybridized carbons (Fsp3) is 0.500. The second-order valence-electron chi connectivity index (χ2n) is 5.38. The molecule has 3 rings (SSSR count). The van der Waals surface area contributed by atoms with Crippen molar-refractivity contribution < 1.29 is 0 Å². The van der Waals surface area contributed by atoms with Crippen LogP contribution in [0.2, 0.25) is 0 Å². The zero-order valence-electron chi connectivity index (χ0n) is 11.7. The third kappa shape index (κ3) is 2.65. The molecule has 0 spiro atoms. The van der Waals surface area contributed by atoms with Gasteiger partial charge >= 0.3 is 0 Å². The van der Waals surface area contributed by atoms with Gasteiger partial charge in [-0.3, -0.25) is 10.1 Å². The van der Waals surface area contributed by atoms with Crippen molar-refractivity contribution >= 4 is 5.95 Å². The van der Waals surface area contributed by atoms with Gasteiger partial charge in [-0.1, -0.05) is 6.07 Å². The molecule has 0 amide bonds. The number of hydrogen-bond acceptors (Lipinski definition) is 5. The maximum Gasteiger partial charge on any atom is 0.245 e. The van der Waals surface area contributed by atoms with E-state index in [0.29, 0.717) is 5.92 Å². The lowest BCUT2D eigenvalue weighted by Crippen LogP contribution is -2.40. The van der Waals surface area contributed by atoms with Crippen LogP contribution in [-0.4, -0.2) is 39.3 Å². The summed E-state index contributed by atoms with van der Waals surface area (Å²) in [6.07, 6.45) is 3.96. The Morgan fingerprint density at radius 3 is 2.80 bits per heavy atom. The molecule has 1 saturated heterocycles. The average molecular weight is 272 g/mol. The Labute approximate surface area is 118 Å². The molecule has 3 N–H and O–H groups in total. The van der Waals surface area contributed by atoms with Crippen LogP contribution in [0.3, 0.4) is 0 Å². The van der Waals surface area contributed by atoms with Crippen LogP contribution in [0, 0.1) is 5.92 Å². The van der Waals surface area contributed by atoms with Crippen LogP contribution < -0.4 is 10.6 Å². The number of hydrogen-bond donors (Lipinski definition) is 2. The molecule has 0 saturated carbocycles. The first-order valence-corrected chi connectivity index (χ1v) is 7.08. The number of nitrogens with zero attached hydrogens (tertiary/aromatic N) is 4. The van der Waals surface area contributed by atoms with Gasteiger partial charge in [0.15, 0.2) is 5.82 Å². The smallest absolute Gasteiger partial charge is 0.245 e. The third-order valence-electron chi connectivity index (χ3n) is 3.95. The Balaban J connectivity index is 1.69. The zero-order valence-corrected chi connectivity index (χ0v) is 11.7. The van der Waals surface area contributed by atoms with E-state index in [1.807, 2.05) is 18.2 Å². The van der Waals surface area contributed by atoms with Gasteiger partial charge in [0.2, 0.25) is 5.95 Å². The average Bonchev–Trinajstić information content (AvgIpc) is 2.98. The van der Waals surface area contributed by atoms with E-state index in [-0.39, 0.29) is 6.04 Å². The molecule has 0 aromatic carbocycles. The van der Waals surface area contributed by atoms with Gasteiger partial charge in [-0.15, -0.1) is 5.10 Å². The standard InChI is InChI=1S/C14H20N6/c1-10(15)11-5-8-20(9-6-11)14-17-13(18-19-14)12-4-2-3-7-16-12/h2-4,7,10-11H,5-6,8-9,15H2,1H3,(H,17,18,19). The van der Waals surface area contributed by atoms with Gasteiger partial charge in [-0.2, -0.15) is 4.98 Å². The van der Waals surface area contributed by atoms with Crippen LogP contribution in [0.5, 0.6) is 0 Å². The van der Waals surface area contributed by atoms with Crippen LogP contribution in [0.1, 0.15) is 19.8 Å². The number of nitrogens with two attached hydrogens (primary N) is 1. The summed E-state index contributed by atoms with van der Waals surface area (Å²) in [5.41, 5.74) is 6.78. The van der Waals surface area contributed by atoms with Crippen molar-refractivity contribution in [2.24, 2.45) is 11.7 Å². The number of rotatable bonds is 3. The molecule has 0 aliphatic carbocycles. The number of anilines is 1. The lowest BCUT2D eigenvalue weighted by molar-refractivity contribution is 0.352. The Morgan fingerprint density at radius 2 is 2.15 bits per heavy atom. The van der Waals surface area contributed by atoms with E-state index in [4.69, 9.17) is 5.73 Å². The summed E-state index contributed by atoms with van der Waals surface area (Å²) in [4.78, 5) is 11.0. The Morgan fingerprint density at radius 1 is 1.35 bits per heavy atom. The van der Waals surface area contributed by atoms with E-state index >= 15 is 0 Å². The number of pyridine rings is 1. The largest absolute Gasteiger partial charge is 0.340 e. The number of aromatic amines is 1. The van der Waals surface area contributed by atoms with Crippen LogP contribution in [0.25, 0.3) is 11.5 Å². The van der Waals surface area contributed by atoms with Crippen molar-refractivity contribution in [3.8, 4) is 11.5 Å². The summed E-state index contributed by atoms with van der Waals surface area (Å²) < 4.78 is 0. The number of piperidine rings is 1. The normalized spacial score (nSPS) is 18.2. The van der Waals surface area contributed by atoms with Crippen LogP contribution in [0.15, 0.2) is 24.4 Å². The SMILES string of the molecule is CC(N)C1CCN(c2n[nH]c(-c3ccccn3)n2)CC1. The topological polar surface area (TPSA) is 83.7 Å². The summed E-state index contributed by atoms with van der Waals surface area (Å²) in [7, 11) is 0. The van der Waals surface area contributed by atoms with E-state index in [1.165, 1.54) is 0 Å². The molecule has 6 heteroatoms. The highest BCUT2D eigenvalue weighted by molar-refractivity contribution is 5.50. The summed E-state index contributed by atoms with van der Waals surface area (Å²) in [5.74, 6) is 2.09. The molecule has 1 atom stereocenters. The summed E-state index contributed by atoms with van der Waals surface area (Å²) >= 11 is 0. The third-order valence-corrected chi connectivity index (χ3v) is 3.95. The van der Waals surface area contributed by atoms with Crippen LogP contribution in [-0.2, 0) is 0 Å². The van der Waals surface area contributed by atoms with Gasteiger partial charge in [0.25, 0.3) is 0 Å². The lowest BCUT2D eigenvalue weighted by atomic mass is 9.91. The molecule has 20 heavy (non-hydrogen) atoms. The number of H-pyrrole nitrogens is 1. The van der Waals surface area contributed by atoms with Gasteiger partial charge in [-0.25, -0.2) is 0 Å². The molecular weight excluding hydrogens is 252 g/mol. The van der Waals surface area contributed by atoms with E-state index < -0.39 is 0 Å². The van der Waals surface area contributed by atoms with Crippen LogP contribution in [0.4, 0.5) is 5.95 Å². The first kappa shape index (κ1) is 13.1. The maximum absolute atomic E-state index is 5.97. The summed E-state index contributed by atoms with van der Waals surface area (Å²) in [6.45, 7) is 4.02. The molecule has 1 aliphatic heterocycles. The maximum atomic E-state index is 5.97. The first-order valence-electron chi connectivity index (χ1n) is 7.08. The molecule has 3 heterocycles. The fourth-order valence-electron chi connectivity index (χ4n) is 2.64. The second kappa shape index (κ2) is 5.58. The quantitative estimate of drug-likeness (QED) is 0.883. The summed E-state index contributed by atoms with van der Waals surface area (Å²) in [5, 5.41) is 7.27. The Bertz CT molecular complexity index is 542. The molecular formula is C14H20N6. The minimum atomic E-state index is 0.272. The molecule has 106 valence electrons. The number of nitrogens with one attached hydrogen (secondary N) is 1. The summed E-state index contributed by atoms with van der Waals surface area (Å²) in [6, 6.07) is 6.03. The van der Waals surface area contributed by atoms with Crippen molar-refractivity contribution in [2.45, 2.75) is 25.8 Å². The highest BCUT2D eigenvalue weighted by Gasteiger charge is 2.24. The van der Waals surface area contributed by atoms with Crippen molar-refractivity contribution in [1.29, 1.82) is 0 Å². The van der Waals surface area contributed by atoms with Gasteiger partial charge in [0.1, 0.15) is 5.69 Å². The Hall–Kier alpha value is -1.95. The molecule has 0 bridgehead atoms. The predicted molar refractivity (Wildman–Crippen MR) is 78.2 cm³/mol. The molecule has 1 aliphatic rings. The molecule has 2 aromatic heterocycles. The fourth-order valence-corrected chi connectivity index (χ4v) is 2.64. The number of aromatic nitrogens is 4. The molecule has 0 radical (unpaired) electrons. The second-order valence-corrected chi connectivity index (χ2v) is 5.38. The Kier molecular flexibility index (Phi) is 3.64. The molecule has 2 aromatic rings. The van der Waals surface area contributed by atoms with Crippen molar-refractivity contribution in [1.82, 2.24) is 20.2 Å². The van der Waals surface area contributed by atoms with Gasteiger partial charge < -0.3 is 10.6 Å². The monoisotopic (exact) mass is 272 g/mol. The zero-order chi connectivity index (χ0) is 13.9. The molecule has 6 nitrogen and oxygen atoms in total. The van der Waals surface area contributed by atoms with E-state index in [1.54, 1.807) is 6.20 Å². The highest BCUT2D eigenvalue weighted by Crippen LogP contribution is 2.23. The first-order chi connectivity index (χ1) is 9.74. The van der Waals surface area contributed by atoms with Crippen molar-refractivity contribution in [2.75, 3.05) is 18.0 Å². The highest BCUT2D eigenvalue weighted by atomic mass is 15.4. The van der Waals surface area contributed by atoms with E-state index in [9.17, 15) is 0 Å². The lowest BCUT2D eigenvalue weighted by Gasteiger charge is -2.32. The van der Waals surface area contributed by atoms with Gasteiger partial charge in [-0.05, 0) is 37.8 Å². The molecule has 1 unspecified atom stereocenters. The van der Waals surface area contributed by atoms with Crippen LogP contribution >= 0.6 is 0 Å². The van der Waals surface area contributed by atoms with Gasteiger partial charge in [0, 0.05) is 25.3 Å².